The molecule has 0 atom stereocenters. The second-order valence-electron chi connectivity index (χ2n) is 5.67. The fraction of sp³-hybridized carbons (Fsp3) is 0.158. The Hall–Kier alpha value is -2.75. The summed E-state index contributed by atoms with van der Waals surface area (Å²) in [5, 5.41) is 0. The van der Waals surface area contributed by atoms with E-state index in [9.17, 15) is 9.18 Å². The number of anilines is 2. The summed E-state index contributed by atoms with van der Waals surface area (Å²) < 4.78 is 13.8. The summed E-state index contributed by atoms with van der Waals surface area (Å²) in [5.74, 6) is -0.518. The first-order valence-corrected chi connectivity index (χ1v) is 7.35. The number of fused-ring (bicyclic) bond motifs is 1. The maximum Gasteiger partial charge on any atom is 0.180 e. The van der Waals surface area contributed by atoms with Crippen LogP contribution in [0.4, 0.5) is 21.5 Å². The Labute approximate surface area is 134 Å². The normalized spacial score (nSPS) is 13.7. The standard InChI is InChI=1S/C19H17FN2O/c1-11-6-5-7-12(2)19(11)22-13(3)18(14(4)23)21-16-9-8-15(20)10-17(16)22/h5-10H,3H2,1-2,4H3. The van der Waals surface area contributed by atoms with E-state index in [0.717, 1.165) is 16.8 Å². The summed E-state index contributed by atoms with van der Waals surface area (Å²) in [6, 6.07) is 10.3. The molecule has 2 aromatic rings. The second kappa shape index (κ2) is 5.47. The predicted octanol–water partition coefficient (Wildman–Crippen LogP) is 4.77. The number of benzene rings is 2. The van der Waals surface area contributed by atoms with Gasteiger partial charge in [0.05, 0.1) is 22.8 Å². The molecule has 3 rings (SSSR count). The molecule has 3 nitrogen and oxygen atoms in total. The maximum atomic E-state index is 13.8. The summed E-state index contributed by atoms with van der Waals surface area (Å²) in [6.07, 6.45) is 0. The zero-order valence-corrected chi connectivity index (χ0v) is 13.4. The molecule has 4 heteroatoms. The Morgan fingerprint density at radius 2 is 1.83 bits per heavy atom. The monoisotopic (exact) mass is 308 g/mol. The first kappa shape index (κ1) is 15.2. The Morgan fingerprint density at radius 1 is 1.17 bits per heavy atom. The van der Waals surface area contributed by atoms with Crippen LogP contribution in [0.1, 0.15) is 18.1 Å². The SMILES string of the molecule is C=C1C(C(C)=O)=Nc2ccc(F)cc2N1c1c(C)cccc1C. The summed E-state index contributed by atoms with van der Waals surface area (Å²) in [4.78, 5) is 18.1. The highest BCUT2D eigenvalue weighted by Gasteiger charge is 2.29. The van der Waals surface area contributed by atoms with Gasteiger partial charge in [0.15, 0.2) is 5.78 Å². The van der Waals surface area contributed by atoms with Gasteiger partial charge in [-0.1, -0.05) is 24.8 Å². The molecule has 0 radical (unpaired) electrons. The van der Waals surface area contributed by atoms with Gasteiger partial charge in [0, 0.05) is 13.0 Å². The van der Waals surface area contributed by atoms with Crippen molar-refractivity contribution < 1.29 is 9.18 Å². The average Bonchev–Trinajstić information content (AvgIpc) is 2.48. The molecule has 1 aliphatic rings. The molecule has 0 N–H and O–H groups in total. The van der Waals surface area contributed by atoms with Gasteiger partial charge < -0.3 is 4.90 Å². The van der Waals surface area contributed by atoms with Crippen molar-refractivity contribution in [3.8, 4) is 0 Å². The number of carbonyl (C=O) groups excluding carboxylic acids is 1. The maximum absolute atomic E-state index is 13.8. The van der Waals surface area contributed by atoms with Crippen LogP contribution in [0.2, 0.25) is 0 Å². The summed E-state index contributed by atoms with van der Waals surface area (Å²) >= 11 is 0. The summed E-state index contributed by atoms with van der Waals surface area (Å²) in [6.45, 7) is 9.46. The van der Waals surface area contributed by atoms with Crippen molar-refractivity contribution in [1.29, 1.82) is 0 Å². The van der Waals surface area contributed by atoms with Crippen molar-refractivity contribution in [2.24, 2.45) is 4.99 Å². The van der Waals surface area contributed by atoms with Crippen molar-refractivity contribution >= 4 is 28.6 Å². The molecule has 2 aromatic carbocycles. The molecule has 0 spiro atoms. The summed E-state index contributed by atoms with van der Waals surface area (Å²) in [5.41, 5.74) is 4.86. The van der Waals surface area contributed by atoms with Crippen LogP contribution in [0.5, 0.6) is 0 Å². The minimum atomic E-state index is -0.353. The van der Waals surface area contributed by atoms with E-state index in [1.54, 1.807) is 6.07 Å². The lowest BCUT2D eigenvalue weighted by Gasteiger charge is -2.33. The Bertz CT molecular complexity index is 847. The number of rotatable bonds is 2. The molecular weight excluding hydrogens is 291 g/mol. The molecule has 1 aliphatic heterocycles. The van der Waals surface area contributed by atoms with Gasteiger partial charge in [-0.15, -0.1) is 0 Å². The zero-order valence-electron chi connectivity index (χ0n) is 13.4. The Kier molecular flexibility index (Phi) is 3.60. The Morgan fingerprint density at radius 3 is 2.43 bits per heavy atom. The fourth-order valence-corrected chi connectivity index (χ4v) is 2.90. The van der Waals surface area contributed by atoms with E-state index < -0.39 is 0 Å². The van der Waals surface area contributed by atoms with Crippen molar-refractivity contribution in [2.45, 2.75) is 20.8 Å². The van der Waals surface area contributed by atoms with Crippen LogP contribution in [0, 0.1) is 19.7 Å². The van der Waals surface area contributed by atoms with E-state index in [4.69, 9.17) is 0 Å². The van der Waals surface area contributed by atoms with Crippen LogP contribution in [0.3, 0.4) is 0 Å². The number of para-hydroxylation sites is 1. The average molecular weight is 308 g/mol. The lowest BCUT2D eigenvalue weighted by Crippen LogP contribution is -2.30. The molecule has 0 saturated heterocycles. The van der Waals surface area contributed by atoms with Gasteiger partial charge in [0.25, 0.3) is 0 Å². The second-order valence-corrected chi connectivity index (χ2v) is 5.67. The van der Waals surface area contributed by atoms with Crippen LogP contribution in [-0.4, -0.2) is 11.5 Å². The third-order valence-corrected chi connectivity index (χ3v) is 3.95. The number of carbonyl (C=O) groups is 1. The smallest absolute Gasteiger partial charge is 0.180 e. The molecule has 0 aliphatic carbocycles. The molecule has 116 valence electrons. The van der Waals surface area contributed by atoms with Gasteiger partial charge >= 0.3 is 0 Å². The van der Waals surface area contributed by atoms with Crippen LogP contribution >= 0.6 is 0 Å². The van der Waals surface area contributed by atoms with E-state index in [-0.39, 0.29) is 11.6 Å². The highest BCUT2D eigenvalue weighted by atomic mass is 19.1. The third kappa shape index (κ3) is 2.46. The number of hydrogen-bond donors (Lipinski definition) is 0. The van der Waals surface area contributed by atoms with Crippen LogP contribution < -0.4 is 4.90 Å². The van der Waals surface area contributed by atoms with Gasteiger partial charge in [-0.25, -0.2) is 9.38 Å². The molecule has 0 unspecified atom stereocenters. The van der Waals surface area contributed by atoms with E-state index in [2.05, 4.69) is 11.6 Å². The van der Waals surface area contributed by atoms with Gasteiger partial charge in [-0.2, -0.15) is 0 Å². The fourth-order valence-electron chi connectivity index (χ4n) is 2.90. The molecular formula is C19H17FN2O. The highest BCUT2D eigenvalue weighted by molar-refractivity contribution is 6.47. The molecule has 0 fully saturated rings. The van der Waals surface area contributed by atoms with Crippen LogP contribution in [0.15, 0.2) is 53.7 Å². The van der Waals surface area contributed by atoms with Crippen LogP contribution in [0.25, 0.3) is 0 Å². The number of aryl methyl sites for hydroxylation is 2. The molecule has 0 aromatic heterocycles. The molecule has 0 saturated carbocycles. The number of allylic oxidation sites excluding steroid dienone is 1. The van der Waals surface area contributed by atoms with Crippen molar-refractivity contribution in [2.75, 3.05) is 4.90 Å². The van der Waals surface area contributed by atoms with Gasteiger partial charge in [0.1, 0.15) is 11.5 Å². The van der Waals surface area contributed by atoms with Gasteiger partial charge in [-0.3, -0.25) is 4.79 Å². The van der Waals surface area contributed by atoms with E-state index in [1.165, 1.54) is 19.1 Å². The van der Waals surface area contributed by atoms with E-state index in [0.29, 0.717) is 22.8 Å². The lowest BCUT2D eigenvalue weighted by molar-refractivity contribution is -0.111. The largest absolute Gasteiger partial charge is 0.306 e. The molecule has 1 heterocycles. The van der Waals surface area contributed by atoms with Gasteiger partial charge in [0.2, 0.25) is 0 Å². The minimum Gasteiger partial charge on any atom is -0.306 e. The number of hydrogen-bond acceptors (Lipinski definition) is 3. The first-order valence-electron chi connectivity index (χ1n) is 7.35. The minimum absolute atomic E-state index is 0.166. The van der Waals surface area contributed by atoms with Crippen molar-refractivity contribution in [3.63, 3.8) is 0 Å². The Balaban J connectivity index is 2.32. The zero-order chi connectivity index (χ0) is 16.7. The summed E-state index contributed by atoms with van der Waals surface area (Å²) in [7, 11) is 0. The number of halogens is 1. The predicted molar refractivity (Wildman–Crippen MR) is 91.4 cm³/mol. The quantitative estimate of drug-likeness (QED) is 0.800. The van der Waals surface area contributed by atoms with Crippen LogP contribution in [-0.2, 0) is 4.79 Å². The number of nitrogens with zero attached hydrogens (tertiary/aromatic N) is 2. The molecule has 23 heavy (non-hydrogen) atoms. The lowest BCUT2D eigenvalue weighted by atomic mass is 10.0. The molecule has 0 amide bonds. The molecule has 0 bridgehead atoms. The highest BCUT2D eigenvalue weighted by Crippen LogP contribution is 2.43. The van der Waals surface area contributed by atoms with E-state index in [1.807, 2.05) is 36.9 Å². The number of aliphatic imine (C=N–C) groups is 1. The number of Topliss-reactive ketones (excluding diaryl/α,β-unsaturated/α-hetero) is 1. The number of ketones is 1. The first-order chi connectivity index (χ1) is 10.9. The van der Waals surface area contributed by atoms with Crippen molar-refractivity contribution in [3.05, 3.63) is 65.6 Å². The van der Waals surface area contributed by atoms with Gasteiger partial charge in [-0.05, 0) is 37.1 Å². The third-order valence-electron chi connectivity index (χ3n) is 3.95. The topological polar surface area (TPSA) is 32.7 Å². The van der Waals surface area contributed by atoms with E-state index >= 15 is 0 Å². The van der Waals surface area contributed by atoms with Crippen molar-refractivity contribution in [1.82, 2.24) is 0 Å².